The molecule has 1 aliphatic rings. The Hall–Kier alpha value is -1.22. The molecule has 1 aliphatic heterocycles. The van der Waals surface area contributed by atoms with Crippen molar-refractivity contribution in [1.82, 2.24) is 4.90 Å². The number of benzene rings is 1. The van der Waals surface area contributed by atoms with Gasteiger partial charge in [-0.3, -0.25) is 4.79 Å². The highest BCUT2D eigenvalue weighted by molar-refractivity contribution is 6.31. The highest BCUT2D eigenvalue weighted by atomic mass is 35.5. The molecule has 3 nitrogen and oxygen atoms in total. The van der Waals surface area contributed by atoms with Gasteiger partial charge in [0.1, 0.15) is 0 Å². The molecule has 0 bridgehead atoms. The summed E-state index contributed by atoms with van der Waals surface area (Å²) in [4.78, 5) is 14.7. The summed E-state index contributed by atoms with van der Waals surface area (Å²) in [6.45, 7) is 6.74. The molecule has 110 valence electrons. The van der Waals surface area contributed by atoms with Crippen LogP contribution in [-0.4, -0.2) is 30.4 Å². The van der Waals surface area contributed by atoms with E-state index in [4.69, 9.17) is 11.6 Å². The monoisotopic (exact) mass is 294 g/mol. The van der Waals surface area contributed by atoms with E-state index in [-0.39, 0.29) is 5.91 Å². The summed E-state index contributed by atoms with van der Waals surface area (Å²) >= 11 is 6.06. The van der Waals surface area contributed by atoms with Gasteiger partial charge in [0.05, 0.1) is 5.56 Å². The molecule has 1 fully saturated rings. The van der Waals surface area contributed by atoms with Crippen LogP contribution in [-0.2, 0) is 0 Å². The number of carbonyl (C=O) groups is 1. The lowest BCUT2D eigenvalue weighted by Crippen LogP contribution is -2.40. The van der Waals surface area contributed by atoms with Crippen LogP contribution in [0.1, 0.15) is 43.5 Å². The first-order valence-corrected chi connectivity index (χ1v) is 7.86. The third kappa shape index (κ3) is 3.45. The zero-order valence-corrected chi connectivity index (χ0v) is 13.0. The minimum absolute atomic E-state index is 0.0987. The van der Waals surface area contributed by atoms with E-state index in [1.807, 2.05) is 24.0 Å². The lowest BCUT2D eigenvalue weighted by molar-refractivity contribution is 0.0672. The molecule has 2 rings (SSSR count). The zero-order chi connectivity index (χ0) is 14.5. The van der Waals surface area contributed by atoms with Crippen molar-refractivity contribution in [3.05, 3.63) is 28.8 Å². The Balaban J connectivity index is 2.21. The normalized spacial score (nSPS) is 18.9. The van der Waals surface area contributed by atoms with Crippen molar-refractivity contribution in [3.63, 3.8) is 0 Å². The van der Waals surface area contributed by atoms with Crippen LogP contribution >= 0.6 is 11.6 Å². The van der Waals surface area contributed by atoms with E-state index < -0.39 is 0 Å². The van der Waals surface area contributed by atoms with Crippen molar-refractivity contribution in [2.24, 2.45) is 5.92 Å². The molecule has 1 N–H and O–H groups in total. The van der Waals surface area contributed by atoms with Crippen molar-refractivity contribution < 1.29 is 4.79 Å². The van der Waals surface area contributed by atoms with E-state index in [0.717, 1.165) is 38.2 Å². The van der Waals surface area contributed by atoms with Crippen LogP contribution < -0.4 is 5.32 Å². The first-order chi connectivity index (χ1) is 9.65. The van der Waals surface area contributed by atoms with Crippen LogP contribution in [0.15, 0.2) is 18.2 Å². The van der Waals surface area contributed by atoms with Gasteiger partial charge >= 0.3 is 0 Å². The molecule has 0 saturated carbocycles. The molecule has 1 saturated heterocycles. The van der Waals surface area contributed by atoms with Gasteiger partial charge in [0, 0.05) is 30.3 Å². The van der Waals surface area contributed by atoms with Gasteiger partial charge in [-0.2, -0.15) is 0 Å². The number of amides is 1. The second-order valence-electron chi connectivity index (χ2n) is 5.39. The Kier molecular flexibility index (Phi) is 5.30. The molecule has 4 heteroatoms. The topological polar surface area (TPSA) is 32.3 Å². The molecule has 1 unspecified atom stereocenters. The van der Waals surface area contributed by atoms with E-state index in [9.17, 15) is 4.79 Å². The van der Waals surface area contributed by atoms with Gasteiger partial charge in [-0.15, -0.1) is 0 Å². The minimum Gasteiger partial charge on any atom is -0.385 e. The first kappa shape index (κ1) is 15.2. The average Bonchev–Trinajstić information content (AvgIpc) is 2.48. The summed E-state index contributed by atoms with van der Waals surface area (Å²) < 4.78 is 0. The van der Waals surface area contributed by atoms with E-state index in [1.54, 1.807) is 6.07 Å². The fourth-order valence-corrected chi connectivity index (χ4v) is 2.96. The molecule has 0 aromatic heterocycles. The third-order valence-corrected chi connectivity index (χ3v) is 4.20. The number of rotatable bonds is 4. The standard InChI is InChI=1S/C16H23ClN2O/c1-3-12-6-5-9-19(11-12)16(20)14-10-13(17)7-8-15(14)18-4-2/h7-8,10,12,18H,3-6,9,11H2,1-2H3. The van der Waals surface area contributed by atoms with Gasteiger partial charge in [-0.1, -0.05) is 24.9 Å². The number of hydrogen-bond acceptors (Lipinski definition) is 2. The Morgan fingerprint density at radius 3 is 2.95 bits per heavy atom. The number of hydrogen-bond donors (Lipinski definition) is 1. The molecule has 1 heterocycles. The van der Waals surface area contributed by atoms with Gasteiger partial charge in [0.15, 0.2) is 0 Å². The maximum absolute atomic E-state index is 12.7. The third-order valence-electron chi connectivity index (χ3n) is 3.96. The fourth-order valence-electron chi connectivity index (χ4n) is 2.79. The van der Waals surface area contributed by atoms with Gasteiger partial charge in [-0.25, -0.2) is 0 Å². The number of carbonyl (C=O) groups excluding carboxylic acids is 1. The number of nitrogens with zero attached hydrogens (tertiary/aromatic N) is 1. The summed E-state index contributed by atoms with van der Waals surface area (Å²) in [5.74, 6) is 0.732. The molecule has 1 aromatic carbocycles. The predicted molar refractivity (Wildman–Crippen MR) is 84.5 cm³/mol. The maximum Gasteiger partial charge on any atom is 0.256 e. The fraction of sp³-hybridized carbons (Fsp3) is 0.562. The zero-order valence-electron chi connectivity index (χ0n) is 12.3. The van der Waals surface area contributed by atoms with Crippen molar-refractivity contribution in [2.75, 3.05) is 25.0 Å². The SMILES string of the molecule is CCNc1ccc(Cl)cc1C(=O)N1CCCC(CC)C1. The molecule has 0 aliphatic carbocycles. The molecular formula is C16H23ClN2O. The van der Waals surface area contributed by atoms with Gasteiger partial charge in [0.25, 0.3) is 5.91 Å². The van der Waals surface area contributed by atoms with Crippen molar-refractivity contribution in [2.45, 2.75) is 33.1 Å². The van der Waals surface area contributed by atoms with Crippen molar-refractivity contribution in [1.29, 1.82) is 0 Å². The summed E-state index contributed by atoms with van der Waals surface area (Å²) in [7, 11) is 0. The minimum atomic E-state index is 0.0987. The Bertz CT molecular complexity index is 476. The van der Waals surface area contributed by atoms with Gasteiger partial charge in [0.2, 0.25) is 0 Å². The number of anilines is 1. The largest absolute Gasteiger partial charge is 0.385 e. The van der Waals surface area contributed by atoms with E-state index in [0.29, 0.717) is 16.5 Å². The smallest absolute Gasteiger partial charge is 0.256 e. The van der Waals surface area contributed by atoms with Crippen LogP contribution in [0.25, 0.3) is 0 Å². The average molecular weight is 295 g/mol. The van der Waals surface area contributed by atoms with Crippen molar-refractivity contribution in [3.8, 4) is 0 Å². The van der Waals surface area contributed by atoms with Crippen LogP contribution in [0.5, 0.6) is 0 Å². The van der Waals surface area contributed by atoms with Crippen LogP contribution in [0.2, 0.25) is 5.02 Å². The van der Waals surface area contributed by atoms with Crippen LogP contribution in [0.3, 0.4) is 0 Å². The first-order valence-electron chi connectivity index (χ1n) is 7.48. The lowest BCUT2D eigenvalue weighted by Gasteiger charge is -2.32. The second-order valence-corrected chi connectivity index (χ2v) is 5.82. The van der Waals surface area contributed by atoms with E-state index in [2.05, 4.69) is 12.2 Å². The highest BCUT2D eigenvalue weighted by Crippen LogP contribution is 2.25. The number of halogens is 1. The van der Waals surface area contributed by atoms with Crippen LogP contribution in [0.4, 0.5) is 5.69 Å². The summed E-state index contributed by atoms with van der Waals surface area (Å²) in [5, 5.41) is 3.85. The quantitative estimate of drug-likeness (QED) is 0.909. The summed E-state index contributed by atoms with van der Waals surface area (Å²) in [5.41, 5.74) is 1.57. The van der Waals surface area contributed by atoms with Crippen molar-refractivity contribution >= 4 is 23.2 Å². The molecule has 0 radical (unpaired) electrons. The van der Waals surface area contributed by atoms with E-state index >= 15 is 0 Å². The number of nitrogens with one attached hydrogen (secondary N) is 1. The molecular weight excluding hydrogens is 272 g/mol. The summed E-state index contributed by atoms with van der Waals surface area (Å²) in [6.07, 6.45) is 3.47. The second kappa shape index (κ2) is 6.98. The van der Waals surface area contributed by atoms with Gasteiger partial charge < -0.3 is 10.2 Å². The predicted octanol–water partition coefficient (Wildman–Crippen LogP) is 4.03. The highest BCUT2D eigenvalue weighted by Gasteiger charge is 2.25. The van der Waals surface area contributed by atoms with E-state index in [1.165, 1.54) is 6.42 Å². The Labute approximate surface area is 126 Å². The Morgan fingerprint density at radius 2 is 2.25 bits per heavy atom. The Morgan fingerprint density at radius 1 is 1.45 bits per heavy atom. The number of likely N-dealkylation sites (tertiary alicyclic amines) is 1. The lowest BCUT2D eigenvalue weighted by atomic mass is 9.95. The molecule has 1 atom stereocenters. The molecule has 0 spiro atoms. The van der Waals surface area contributed by atoms with Gasteiger partial charge in [-0.05, 0) is 43.9 Å². The van der Waals surface area contributed by atoms with Crippen LogP contribution in [0, 0.1) is 5.92 Å². The molecule has 1 amide bonds. The number of piperidine rings is 1. The molecule has 20 heavy (non-hydrogen) atoms. The molecule has 1 aromatic rings. The summed E-state index contributed by atoms with van der Waals surface area (Å²) in [6, 6.07) is 5.49. The maximum atomic E-state index is 12.7.